The lowest BCUT2D eigenvalue weighted by Gasteiger charge is -2.28. The van der Waals surface area contributed by atoms with Crippen LogP contribution in [0.25, 0.3) is 22.3 Å². The molecule has 4 aromatic rings. The highest BCUT2D eigenvalue weighted by Gasteiger charge is 2.36. The third-order valence-corrected chi connectivity index (χ3v) is 6.79. The monoisotopic (exact) mass is 574 g/mol. The molecule has 210 valence electrons. The van der Waals surface area contributed by atoms with Gasteiger partial charge in [-0.3, -0.25) is 10.00 Å². The molecule has 14 heteroatoms. The number of ether oxygens (including phenoxy) is 1. The zero-order valence-corrected chi connectivity index (χ0v) is 22.2. The van der Waals surface area contributed by atoms with Crippen molar-refractivity contribution in [2.24, 2.45) is 0 Å². The van der Waals surface area contributed by atoms with Crippen molar-refractivity contribution in [2.75, 3.05) is 62.0 Å². The number of nitrogens with one attached hydrogen (secondary N) is 3. The van der Waals surface area contributed by atoms with Crippen molar-refractivity contribution in [3.63, 3.8) is 0 Å². The molecule has 0 spiro atoms. The van der Waals surface area contributed by atoms with Crippen LogP contribution < -0.4 is 15.5 Å². The second-order valence-corrected chi connectivity index (χ2v) is 9.61. The molecule has 40 heavy (non-hydrogen) atoms. The van der Waals surface area contributed by atoms with Gasteiger partial charge in [0.2, 0.25) is 5.95 Å². The van der Waals surface area contributed by atoms with Gasteiger partial charge in [-0.05, 0) is 24.3 Å². The van der Waals surface area contributed by atoms with E-state index in [1.54, 1.807) is 30.5 Å². The molecule has 10 nitrogen and oxygen atoms in total. The fraction of sp³-hybridized carbons (Fsp3) is 0.308. The lowest BCUT2D eigenvalue weighted by atomic mass is 10.1. The molecule has 0 bridgehead atoms. The minimum atomic E-state index is -4.72. The second-order valence-electron chi connectivity index (χ2n) is 9.20. The summed E-state index contributed by atoms with van der Waals surface area (Å²) in [5.41, 5.74) is 0.802. The molecule has 1 aliphatic rings. The van der Waals surface area contributed by atoms with E-state index in [9.17, 15) is 18.0 Å². The maximum absolute atomic E-state index is 13.4. The van der Waals surface area contributed by atoms with Gasteiger partial charge in [-0.25, -0.2) is 9.78 Å². The zero-order chi connectivity index (χ0) is 28.3. The van der Waals surface area contributed by atoms with E-state index in [4.69, 9.17) is 16.3 Å². The lowest BCUT2D eigenvalue weighted by molar-refractivity contribution is -0.136. The van der Waals surface area contributed by atoms with E-state index in [0.717, 1.165) is 62.5 Å². The maximum Gasteiger partial charge on any atom is 0.419 e. The Hall–Kier alpha value is -3.94. The fourth-order valence-electron chi connectivity index (χ4n) is 4.34. The highest BCUT2D eigenvalue weighted by Crippen LogP contribution is 2.39. The predicted molar refractivity (Wildman–Crippen MR) is 147 cm³/mol. The number of anilines is 3. The molecule has 0 radical (unpaired) electrons. The number of alkyl halides is 3. The molecule has 5 rings (SSSR count). The molecule has 0 atom stereocenters. The molecule has 1 fully saturated rings. The van der Waals surface area contributed by atoms with Crippen molar-refractivity contribution >= 4 is 46.0 Å². The van der Waals surface area contributed by atoms with Gasteiger partial charge in [0.05, 0.1) is 40.6 Å². The number of rotatable bonds is 7. The third kappa shape index (κ3) is 6.27. The van der Waals surface area contributed by atoms with Crippen molar-refractivity contribution in [3.05, 3.63) is 59.2 Å². The number of aromatic amines is 1. The summed E-state index contributed by atoms with van der Waals surface area (Å²) < 4.78 is 45.5. The largest absolute Gasteiger partial charge is 0.419 e. The number of amides is 2. The van der Waals surface area contributed by atoms with E-state index >= 15 is 0 Å². The number of benzene rings is 2. The number of morpholine rings is 1. The summed E-state index contributed by atoms with van der Waals surface area (Å²) in [6, 6.07) is 9.46. The molecule has 2 aromatic carbocycles. The van der Waals surface area contributed by atoms with Crippen molar-refractivity contribution in [3.8, 4) is 11.3 Å². The van der Waals surface area contributed by atoms with E-state index < -0.39 is 28.5 Å². The molecule has 0 saturated carbocycles. The number of nitrogens with zero attached hydrogens (tertiary/aromatic N) is 5. The van der Waals surface area contributed by atoms with Gasteiger partial charge in [0.15, 0.2) is 5.65 Å². The van der Waals surface area contributed by atoms with Crippen LogP contribution in [0, 0.1) is 0 Å². The first kappa shape index (κ1) is 27.6. The van der Waals surface area contributed by atoms with Crippen LogP contribution in [0.2, 0.25) is 5.02 Å². The number of fused-ring (bicyclic) bond motifs is 1. The van der Waals surface area contributed by atoms with Crippen molar-refractivity contribution < 1.29 is 22.7 Å². The van der Waals surface area contributed by atoms with E-state index in [1.165, 1.54) is 6.07 Å². The first-order valence-electron chi connectivity index (χ1n) is 12.5. The SMILES string of the molecule is CN(CCN1CCOCC1)c1ncc2c(-c3ccc(NC(=O)Nc4cccc(Cl)c4C(F)(F)F)cc3)[nH]nc2n1. The van der Waals surface area contributed by atoms with Gasteiger partial charge in [-0.2, -0.15) is 23.3 Å². The molecule has 2 amide bonds. The molecule has 2 aromatic heterocycles. The van der Waals surface area contributed by atoms with Crippen molar-refractivity contribution in [1.29, 1.82) is 0 Å². The van der Waals surface area contributed by atoms with Crippen molar-refractivity contribution in [1.82, 2.24) is 25.1 Å². The van der Waals surface area contributed by atoms with Gasteiger partial charge in [-0.15, -0.1) is 0 Å². The number of urea groups is 1. The summed E-state index contributed by atoms with van der Waals surface area (Å²) in [4.78, 5) is 25.8. The first-order chi connectivity index (χ1) is 19.2. The highest BCUT2D eigenvalue weighted by molar-refractivity contribution is 6.32. The van der Waals surface area contributed by atoms with Crippen molar-refractivity contribution in [2.45, 2.75) is 6.18 Å². The van der Waals surface area contributed by atoms with Gasteiger partial charge in [0.25, 0.3) is 0 Å². The van der Waals surface area contributed by atoms with Crippen LogP contribution in [-0.4, -0.2) is 77.5 Å². The minimum absolute atomic E-state index is 0.376. The van der Waals surface area contributed by atoms with Gasteiger partial charge in [0, 0.05) is 50.7 Å². The van der Waals surface area contributed by atoms with Crippen LogP contribution >= 0.6 is 11.6 Å². The molecular weight excluding hydrogens is 549 g/mol. The Labute approximate surface area is 232 Å². The van der Waals surface area contributed by atoms with Gasteiger partial charge >= 0.3 is 12.2 Å². The number of likely N-dealkylation sites (N-methyl/N-ethyl adjacent to an activating group) is 1. The van der Waals surface area contributed by atoms with Crippen LogP contribution in [0.1, 0.15) is 5.56 Å². The van der Waals surface area contributed by atoms with Crippen LogP contribution in [0.4, 0.5) is 35.3 Å². The fourth-order valence-corrected chi connectivity index (χ4v) is 4.62. The Morgan fingerprint density at radius 2 is 1.90 bits per heavy atom. The summed E-state index contributed by atoms with van der Waals surface area (Å²) in [7, 11) is 1.94. The molecule has 3 heterocycles. The standard InChI is InChI=1S/C26H26ClF3N8O2/c1-37(9-10-38-11-13-40-14-12-38)24-31-15-18-22(35-36-23(18)34-24)16-5-7-17(8-6-16)32-25(39)33-20-4-2-3-19(27)21(20)26(28,29)30/h2-8,15H,9-14H2,1H3,(H2,32,33,39)(H,31,34,35,36). The Bertz CT molecular complexity index is 1490. The van der Waals surface area contributed by atoms with Crippen LogP contribution in [0.5, 0.6) is 0 Å². The number of hydrogen-bond donors (Lipinski definition) is 3. The molecule has 0 unspecified atom stereocenters. The number of H-pyrrole nitrogens is 1. The Morgan fingerprint density at radius 3 is 2.62 bits per heavy atom. The molecule has 1 saturated heterocycles. The van der Waals surface area contributed by atoms with E-state index in [1.807, 2.05) is 11.9 Å². The van der Waals surface area contributed by atoms with E-state index in [2.05, 4.69) is 35.7 Å². The van der Waals surface area contributed by atoms with Gasteiger partial charge < -0.3 is 20.3 Å². The molecule has 0 aliphatic carbocycles. The average molecular weight is 575 g/mol. The minimum Gasteiger partial charge on any atom is -0.379 e. The van der Waals surface area contributed by atoms with Gasteiger partial charge in [0.1, 0.15) is 0 Å². The Morgan fingerprint density at radius 1 is 1.15 bits per heavy atom. The van der Waals surface area contributed by atoms with Gasteiger partial charge in [-0.1, -0.05) is 29.8 Å². The predicted octanol–water partition coefficient (Wildman–Crippen LogP) is 5.10. The average Bonchev–Trinajstić information content (AvgIpc) is 3.35. The number of aromatic nitrogens is 4. The van der Waals surface area contributed by atoms with E-state index in [-0.39, 0.29) is 0 Å². The summed E-state index contributed by atoms with van der Waals surface area (Å²) in [6.45, 7) is 4.97. The molecular formula is C26H26ClF3N8O2. The van der Waals surface area contributed by atoms with Crippen LogP contribution in [0.15, 0.2) is 48.7 Å². The highest BCUT2D eigenvalue weighted by atomic mass is 35.5. The zero-order valence-electron chi connectivity index (χ0n) is 21.4. The first-order valence-corrected chi connectivity index (χ1v) is 12.8. The summed E-state index contributed by atoms with van der Waals surface area (Å²) in [6.07, 6.45) is -3.01. The quantitative estimate of drug-likeness (QED) is 0.281. The topological polar surface area (TPSA) is 111 Å². The maximum atomic E-state index is 13.4. The number of carbonyl (C=O) groups excluding carboxylic acids is 1. The summed E-state index contributed by atoms with van der Waals surface area (Å²) in [5, 5.41) is 12.3. The molecule has 1 aliphatic heterocycles. The Balaban J connectivity index is 1.24. The number of halogens is 4. The Kier molecular flexibility index (Phi) is 8.05. The number of hydrogen-bond acceptors (Lipinski definition) is 7. The normalized spacial score (nSPS) is 14.3. The lowest BCUT2D eigenvalue weighted by Crippen LogP contribution is -2.41. The van der Waals surface area contributed by atoms with Crippen LogP contribution in [0.3, 0.4) is 0 Å². The summed E-state index contributed by atoms with van der Waals surface area (Å²) >= 11 is 5.72. The second kappa shape index (κ2) is 11.7. The van der Waals surface area contributed by atoms with E-state index in [0.29, 0.717) is 23.0 Å². The third-order valence-electron chi connectivity index (χ3n) is 6.47. The number of carbonyl (C=O) groups is 1. The smallest absolute Gasteiger partial charge is 0.379 e. The molecule has 3 N–H and O–H groups in total. The van der Waals surface area contributed by atoms with Crippen LogP contribution in [-0.2, 0) is 10.9 Å². The summed E-state index contributed by atoms with van der Waals surface area (Å²) in [5.74, 6) is 0.567.